The minimum atomic E-state index is -0.185. The lowest BCUT2D eigenvalue weighted by Gasteiger charge is -2.18. The number of ether oxygens (including phenoxy) is 1. The summed E-state index contributed by atoms with van der Waals surface area (Å²) in [5.74, 6) is 0.808. The van der Waals surface area contributed by atoms with Gasteiger partial charge in [0, 0.05) is 11.1 Å². The first-order chi connectivity index (χ1) is 10.6. The largest absolute Gasteiger partial charge is 0.497 e. The third kappa shape index (κ3) is 4.46. The van der Waals surface area contributed by atoms with E-state index in [0.717, 1.165) is 28.4 Å². The molecule has 1 aromatic heterocycles. The van der Waals surface area contributed by atoms with E-state index in [4.69, 9.17) is 4.74 Å². The molecule has 0 unspecified atom stereocenters. The summed E-state index contributed by atoms with van der Waals surface area (Å²) in [7, 11) is 1.64. The summed E-state index contributed by atoms with van der Waals surface area (Å²) in [6, 6.07) is 7.53. The molecule has 0 aliphatic carbocycles. The van der Waals surface area contributed by atoms with Crippen molar-refractivity contribution in [2.45, 2.75) is 32.9 Å². The second-order valence-corrected chi connectivity index (χ2v) is 5.89. The zero-order chi connectivity index (χ0) is 15.9. The van der Waals surface area contributed by atoms with Gasteiger partial charge in [0.1, 0.15) is 10.8 Å². The highest BCUT2D eigenvalue weighted by Gasteiger charge is 2.13. The first kappa shape index (κ1) is 16.3. The maximum Gasteiger partial charge on any atom is 0.315 e. The number of aromatic nitrogens is 1. The fourth-order valence-corrected chi connectivity index (χ4v) is 2.82. The Kier molecular flexibility index (Phi) is 5.77. The maximum atomic E-state index is 12.0. The molecular weight excluding hydrogens is 298 g/mol. The van der Waals surface area contributed by atoms with E-state index in [1.54, 1.807) is 18.4 Å². The highest BCUT2D eigenvalue weighted by molar-refractivity contribution is 7.09. The SMILES string of the molecule is CC[C@H](NC(=O)NCc1nc(C)cs1)c1ccc(OC)cc1. The zero-order valence-corrected chi connectivity index (χ0v) is 13.9. The zero-order valence-electron chi connectivity index (χ0n) is 13.1. The lowest BCUT2D eigenvalue weighted by Crippen LogP contribution is -2.37. The Balaban J connectivity index is 1.89. The van der Waals surface area contributed by atoms with Crippen molar-refractivity contribution in [2.75, 3.05) is 7.11 Å². The van der Waals surface area contributed by atoms with Crippen LogP contribution >= 0.6 is 11.3 Å². The molecule has 118 valence electrons. The minimum absolute atomic E-state index is 0.0241. The summed E-state index contributed by atoms with van der Waals surface area (Å²) in [6.07, 6.45) is 0.816. The molecular formula is C16H21N3O2S. The number of aryl methyl sites for hydroxylation is 1. The number of nitrogens with one attached hydrogen (secondary N) is 2. The predicted molar refractivity (Wildman–Crippen MR) is 88.2 cm³/mol. The Morgan fingerprint density at radius 3 is 2.64 bits per heavy atom. The van der Waals surface area contributed by atoms with Crippen molar-refractivity contribution in [1.82, 2.24) is 15.6 Å². The topological polar surface area (TPSA) is 63.2 Å². The van der Waals surface area contributed by atoms with E-state index in [1.807, 2.05) is 43.5 Å². The molecule has 0 bridgehead atoms. The van der Waals surface area contributed by atoms with Crippen molar-refractivity contribution in [1.29, 1.82) is 0 Å². The molecule has 1 aromatic carbocycles. The molecule has 0 spiro atoms. The molecule has 2 rings (SSSR count). The first-order valence-corrected chi connectivity index (χ1v) is 8.09. The van der Waals surface area contributed by atoms with Crippen LogP contribution in [0.1, 0.15) is 35.7 Å². The first-order valence-electron chi connectivity index (χ1n) is 7.21. The van der Waals surface area contributed by atoms with Gasteiger partial charge in [-0.05, 0) is 31.0 Å². The van der Waals surface area contributed by atoms with E-state index in [9.17, 15) is 4.79 Å². The number of urea groups is 1. The molecule has 0 saturated carbocycles. The molecule has 0 radical (unpaired) electrons. The van der Waals surface area contributed by atoms with E-state index >= 15 is 0 Å². The number of rotatable bonds is 6. The normalized spacial score (nSPS) is 11.8. The lowest BCUT2D eigenvalue weighted by molar-refractivity contribution is 0.236. The number of hydrogen-bond acceptors (Lipinski definition) is 4. The number of nitrogens with zero attached hydrogens (tertiary/aromatic N) is 1. The average molecular weight is 319 g/mol. The van der Waals surface area contributed by atoms with Crippen LogP contribution in [0.15, 0.2) is 29.6 Å². The second-order valence-electron chi connectivity index (χ2n) is 4.94. The molecule has 6 heteroatoms. The number of benzene rings is 1. The molecule has 0 aliphatic heterocycles. The van der Waals surface area contributed by atoms with Gasteiger partial charge in [0.05, 0.1) is 19.7 Å². The fraction of sp³-hybridized carbons (Fsp3) is 0.375. The van der Waals surface area contributed by atoms with E-state index in [-0.39, 0.29) is 12.1 Å². The minimum Gasteiger partial charge on any atom is -0.497 e. The summed E-state index contributed by atoms with van der Waals surface area (Å²) in [5, 5.41) is 8.71. The van der Waals surface area contributed by atoms with Crippen molar-refractivity contribution in [3.05, 3.63) is 45.9 Å². The summed E-state index contributed by atoms with van der Waals surface area (Å²) in [6.45, 7) is 4.43. The molecule has 22 heavy (non-hydrogen) atoms. The quantitative estimate of drug-likeness (QED) is 0.857. The van der Waals surface area contributed by atoms with Gasteiger partial charge in [-0.3, -0.25) is 0 Å². The monoisotopic (exact) mass is 319 g/mol. The number of methoxy groups -OCH3 is 1. The van der Waals surface area contributed by atoms with Crippen LogP contribution in [0.2, 0.25) is 0 Å². The average Bonchev–Trinajstić information content (AvgIpc) is 2.96. The van der Waals surface area contributed by atoms with Crippen molar-refractivity contribution in [3.8, 4) is 5.75 Å². The number of thiazole rings is 1. The molecule has 2 N–H and O–H groups in total. The van der Waals surface area contributed by atoms with Gasteiger partial charge in [0.25, 0.3) is 0 Å². The molecule has 0 saturated heterocycles. The predicted octanol–water partition coefficient (Wildman–Crippen LogP) is 3.41. The smallest absolute Gasteiger partial charge is 0.315 e. The number of hydrogen-bond donors (Lipinski definition) is 2. The molecule has 2 amide bonds. The van der Waals surface area contributed by atoms with Crippen LogP contribution in [-0.4, -0.2) is 18.1 Å². The van der Waals surface area contributed by atoms with Crippen LogP contribution in [0.25, 0.3) is 0 Å². The summed E-state index contributed by atoms with van der Waals surface area (Å²) in [5.41, 5.74) is 2.04. The summed E-state index contributed by atoms with van der Waals surface area (Å²) < 4.78 is 5.15. The lowest BCUT2D eigenvalue weighted by atomic mass is 10.0. The van der Waals surface area contributed by atoms with Crippen molar-refractivity contribution in [2.24, 2.45) is 0 Å². The Morgan fingerprint density at radius 1 is 1.36 bits per heavy atom. The highest BCUT2D eigenvalue weighted by Crippen LogP contribution is 2.20. The number of amides is 2. The molecule has 5 nitrogen and oxygen atoms in total. The molecule has 1 atom stereocenters. The van der Waals surface area contributed by atoms with Crippen molar-refractivity contribution < 1.29 is 9.53 Å². The Morgan fingerprint density at radius 2 is 2.09 bits per heavy atom. The van der Waals surface area contributed by atoms with Gasteiger partial charge in [0.15, 0.2) is 0 Å². The Hall–Kier alpha value is -2.08. The molecule has 0 aliphatic rings. The summed E-state index contributed by atoms with van der Waals surface area (Å²) in [4.78, 5) is 16.3. The van der Waals surface area contributed by atoms with Gasteiger partial charge < -0.3 is 15.4 Å². The number of carbonyl (C=O) groups is 1. The van der Waals surface area contributed by atoms with E-state index in [2.05, 4.69) is 15.6 Å². The van der Waals surface area contributed by atoms with Gasteiger partial charge in [-0.2, -0.15) is 0 Å². The molecule has 2 aromatic rings. The van der Waals surface area contributed by atoms with Crippen LogP contribution in [-0.2, 0) is 6.54 Å². The number of carbonyl (C=O) groups excluding carboxylic acids is 1. The molecule has 0 fully saturated rings. The fourth-order valence-electron chi connectivity index (χ4n) is 2.11. The van der Waals surface area contributed by atoms with Gasteiger partial charge in [0.2, 0.25) is 0 Å². The Labute approximate surface area is 134 Å². The van der Waals surface area contributed by atoms with Crippen LogP contribution in [0.5, 0.6) is 5.75 Å². The summed E-state index contributed by atoms with van der Waals surface area (Å²) >= 11 is 1.55. The van der Waals surface area contributed by atoms with Gasteiger partial charge >= 0.3 is 6.03 Å². The van der Waals surface area contributed by atoms with Crippen LogP contribution in [0, 0.1) is 6.92 Å². The van der Waals surface area contributed by atoms with Gasteiger partial charge in [-0.15, -0.1) is 11.3 Å². The van der Waals surface area contributed by atoms with Crippen LogP contribution in [0.3, 0.4) is 0 Å². The standard InChI is InChI=1S/C16H21N3O2S/c1-4-14(12-5-7-13(21-3)8-6-12)19-16(20)17-9-15-18-11(2)10-22-15/h5-8,10,14H,4,9H2,1-3H3,(H2,17,19,20)/t14-/m0/s1. The van der Waals surface area contributed by atoms with Crippen LogP contribution < -0.4 is 15.4 Å². The maximum absolute atomic E-state index is 12.0. The third-order valence-corrected chi connectivity index (χ3v) is 4.27. The highest BCUT2D eigenvalue weighted by atomic mass is 32.1. The van der Waals surface area contributed by atoms with Crippen molar-refractivity contribution in [3.63, 3.8) is 0 Å². The van der Waals surface area contributed by atoms with Gasteiger partial charge in [-0.1, -0.05) is 19.1 Å². The second kappa shape index (κ2) is 7.79. The third-order valence-electron chi connectivity index (χ3n) is 3.30. The van der Waals surface area contributed by atoms with E-state index < -0.39 is 0 Å². The van der Waals surface area contributed by atoms with E-state index in [1.165, 1.54) is 0 Å². The van der Waals surface area contributed by atoms with E-state index in [0.29, 0.717) is 6.54 Å². The Bertz CT molecular complexity index is 610. The van der Waals surface area contributed by atoms with Crippen LogP contribution in [0.4, 0.5) is 4.79 Å². The van der Waals surface area contributed by atoms with Crippen molar-refractivity contribution >= 4 is 17.4 Å². The molecule has 1 heterocycles. The van der Waals surface area contributed by atoms with Gasteiger partial charge in [-0.25, -0.2) is 9.78 Å².